The van der Waals surface area contributed by atoms with Crippen molar-refractivity contribution < 1.29 is 9.59 Å². The second-order valence-electron chi connectivity index (χ2n) is 5.43. The third kappa shape index (κ3) is 4.98. The van der Waals surface area contributed by atoms with Gasteiger partial charge in [-0.1, -0.05) is 40.9 Å². The van der Waals surface area contributed by atoms with E-state index in [0.29, 0.717) is 15.7 Å². The smallest absolute Gasteiger partial charge is 0.226 e. The van der Waals surface area contributed by atoms with E-state index < -0.39 is 0 Å². The van der Waals surface area contributed by atoms with Gasteiger partial charge in [-0.05, 0) is 37.3 Å². The fraction of sp³-hybridized carbons (Fsp3) is 0.222. The van der Waals surface area contributed by atoms with Crippen LogP contribution in [0.1, 0.15) is 18.9 Å². The minimum absolute atomic E-state index is 0.115. The van der Waals surface area contributed by atoms with Crippen LogP contribution in [0.5, 0.6) is 0 Å². The highest BCUT2D eigenvalue weighted by molar-refractivity contribution is 6.36. The number of halogens is 2. The number of hydrogen-bond acceptors (Lipinski definition) is 2. The van der Waals surface area contributed by atoms with E-state index in [-0.39, 0.29) is 24.8 Å². The maximum atomic E-state index is 12.1. The number of carbonyl (C=O) groups excluding carboxylic acids is 2. The van der Waals surface area contributed by atoms with E-state index in [2.05, 4.69) is 5.32 Å². The van der Waals surface area contributed by atoms with Crippen molar-refractivity contribution in [2.75, 3.05) is 16.8 Å². The molecule has 0 heterocycles. The summed E-state index contributed by atoms with van der Waals surface area (Å²) in [6.07, 6.45) is 0.159. The molecule has 0 atom stereocenters. The fourth-order valence-corrected chi connectivity index (χ4v) is 2.67. The number of rotatable bonds is 5. The van der Waals surface area contributed by atoms with Crippen LogP contribution in [0.3, 0.4) is 0 Å². The van der Waals surface area contributed by atoms with Gasteiger partial charge < -0.3 is 10.2 Å². The number of anilines is 2. The van der Waals surface area contributed by atoms with Crippen LogP contribution in [-0.2, 0) is 9.59 Å². The lowest BCUT2D eigenvalue weighted by molar-refractivity contribution is -0.117. The van der Waals surface area contributed by atoms with E-state index in [1.165, 1.54) is 6.92 Å². The Labute approximate surface area is 151 Å². The molecule has 0 radical (unpaired) electrons. The number of aryl methyl sites for hydroxylation is 1. The maximum Gasteiger partial charge on any atom is 0.226 e. The highest BCUT2D eigenvalue weighted by atomic mass is 35.5. The van der Waals surface area contributed by atoms with Crippen molar-refractivity contribution in [3.8, 4) is 0 Å². The zero-order chi connectivity index (χ0) is 17.7. The van der Waals surface area contributed by atoms with Gasteiger partial charge in [0.2, 0.25) is 11.8 Å². The molecule has 2 rings (SSSR count). The lowest BCUT2D eigenvalue weighted by Crippen LogP contribution is -2.31. The molecule has 24 heavy (non-hydrogen) atoms. The monoisotopic (exact) mass is 364 g/mol. The summed E-state index contributed by atoms with van der Waals surface area (Å²) in [6.45, 7) is 3.74. The molecule has 0 saturated carbocycles. The first-order valence-corrected chi connectivity index (χ1v) is 8.22. The molecule has 0 aliphatic carbocycles. The van der Waals surface area contributed by atoms with Gasteiger partial charge in [0.25, 0.3) is 0 Å². The summed E-state index contributed by atoms with van der Waals surface area (Å²) in [7, 11) is 0. The van der Waals surface area contributed by atoms with Gasteiger partial charge >= 0.3 is 0 Å². The van der Waals surface area contributed by atoms with Gasteiger partial charge in [0.15, 0.2) is 0 Å². The summed E-state index contributed by atoms with van der Waals surface area (Å²) in [4.78, 5) is 25.5. The Morgan fingerprint density at radius 2 is 1.75 bits per heavy atom. The van der Waals surface area contributed by atoms with Crippen LogP contribution in [0.4, 0.5) is 11.4 Å². The number of amides is 2. The predicted octanol–water partition coefficient (Wildman–Crippen LogP) is 4.68. The number of nitrogens with one attached hydrogen (secondary N) is 1. The lowest BCUT2D eigenvalue weighted by Gasteiger charge is -2.21. The minimum Gasteiger partial charge on any atom is -0.325 e. The summed E-state index contributed by atoms with van der Waals surface area (Å²) in [6, 6.07) is 12.4. The SMILES string of the molecule is CC(=O)N(CCC(=O)Nc1ccc(Cl)cc1Cl)c1ccc(C)cc1. The van der Waals surface area contributed by atoms with Crippen molar-refractivity contribution in [3.63, 3.8) is 0 Å². The van der Waals surface area contributed by atoms with Crippen LogP contribution < -0.4 is 10.2 Å². The van der Waals surface area contributed by atoms with Crippen molar-refractivity contribution in [1.29, 1.82) is 0 Å². The third-order valence-corrected chi connectivity index (χ3v) is 4.04. The topological polar surface area (TPSA) is 49.4 Å². The molecular formula is C18H18Cl2N2O2. The number of hydrogen-bond donors (Lipinski definition) is 1. The van der Waals surface area contributed by atoms with Gasteiger partial charge in [0.05, 0.1) is 10.7 Å². The molecule has 2 aromatic rings. The molecule has 0 aliphatic rings. The maximum absolute atomic E-state index is 12.1. The van der Waals surface area contributed by atoms with Crippen LogP contribution in [0.15, 0.2) is 42.5 Å². The quantitative estimate of drug-likeness (QED) is 0.836. The Balaban J connectivity index is 2.00. The standard InChI is InChI=1S/C18H18Cl2N2O2/c1-12-3-6-15(7-4-12)22(13(2)23)10-9-18(24)21-17-8-5-14(19)11-16(17)20/h3-8,11H,9-10H2,1-2H3,(H,21,24). The van der Waals surface area contributed by atoms with E-state index in [4.69, 9.17) is 23.2 Å². The Kier molecular flexibility index (Phi) is 6.23. The molecule has 0 fully saturated rings. The first-order chi connectivity index (χ1) is 11.4. The predicted molar refractivity (Wildman–Crippen MR) is 98.9 cm³/mol. The summed E-state index contributed by atoms with van der Waals surface area (Å²) >= 11 is 11.9. The second-order valence-corrected chi connectivity index (χ2v) is 6.27. The van der Waals surface area contributed by atoms with Crippen molar-refractivity contribution in [1.82, 2.24) is 0 Å². The highest BCUT2D eigenvalue weighted by Crippen LogP contribution is 2.25. The summed E-state index contributed by atoms with van der Waals surface area (Å²) in [5.41, 5.74) is 2.37. The first-order valence-electron chi connectivity index (χ1n) is 7.46. The average Bonchev–Trinajstić information content (AvgIpc) is 2.52. The molecule has 2 aromatic carbocycles. The lowest BCUT2D eigenvalue weighted by atomic mass is 10.2. The molecule has 0 bridgehead atoms. The molecule has 126 valence electrons. The van der Waals surface area contributed by atoms with Crippen molar-refractivity contribution in [2.24, 2.45) is 0 Å². The number of benzene rings is 2. The van der Waals surface area contributed by atoms with Crippen LogP contribution in [0.25, 0.3) is 0 Å². The largest absolute Gasteiger partial charge is 0.325 e. The zero-order valence-electron chi connectivity index (χ0n) is 13.5. The highest BCUT2D eigenvalue weighted by Gasteiger charge is 2.14. The Hall–Kier alpha value is -2.04. The molecule has 0 spiro atoms. The van der Waals surface area contributed by atoms with Crippen LogP contribution in [0.2, 0.25) is 10.0 Å². The van der Waals surface area contributed by atoms with Gasteiger partial charge in [-0.25, -0.2) is 0 Å². The Morgan fingerprint density at radius 1 is 1.08 bits per heavy atom. The molecule has 0 saturated heterocycles. The van der Waals surface area contributed by atoms with Gasteiger partial charge in [-0.2, -0.15) is 0 Å². The second kappa shape index (κ2) is 8.18. The van der Waals surface area contributed by atoms with Crippen molar-refractivity contribution in [2.45, 2.75) is 20.3 Å². The van der Waals surface area contributed by atoms with Crippen molar-refractivity contribution in [3.05, 3.63) is 58.1 Å². The normalized spacial score (nSPS) is 10.3. The van der Waals surface area contributed by atoms with Gasteiger partial charge in [0.1, 0.15) is 0 Å². The third-order valence-electron chi connectivity index (χ3n) is 3.49. The molecule has 1 N–H and O–H groups in total. The molecular weight excluding hydrogens is 347 g/mol. The molecule has 0 aromatic heterocycles. The van der Waals surface area contributed by atoms with Gasteiger partial charge in [-0.15, -0.1) is 0 Å². The molecule has 2 amide bonds. The van der Waals surface area contributed by atoms with Gasteiger partial charge in [0, 0.05) is 30.6 Å². The average molecular weight is 365 g/mol. The first kappa shape index (κ1) is 18.3. The summed E-state index contributed by atoms with van der Waals surface area (Å²) in [5.74, 6) is -0.339. The fourth-order valence-electron chi connectivity index (χ4n) is 2.21. The van der Waals surface area contributed by atoms with E-state index in [0.717, 1.165) is 11.3 Å². The van der Waals surface area contributed by atoms with E-state index in [1.54, 1.807) is 23.1 Å². The molecule has 4 nitrogen and oxygen atoms in total. The van der Waals surface area contributed by atoms with Crippen LogP contribution in [-0.4, -0.2) is 18.4 Å². The van der Waals surface area contributed by atoms with Crippen LogP contribution in [0, 0.1) is 6.92 Å². The molecule has 6 heteroatoms. The van der Waals surface area contributed by atoms with Crippen LogP contribution >= 0.6 is 23.2 Å². The Bertz CT molecular complexity index is 745. The van der Waals surface area contributed by atoms with Gasteiger partial charge in [-0.3, -0.25) is 9.59 Å². The Morgan fingerprint density at radius 3 is 2.33 bits per heavy atom. The number of nitrogens with zero attached hydrogens (tertiary/aromatic N) is 1. The minimum atomic E-state index is -0.224. The zero-order valence-corrected chi connectivity index (χ0v) is 15.0. The van der Waals surface area contributed by atoms with E-state index >= 15 is 0 Å². The van der Waals surface area contributed by atoms with E-state index in [9.17, 15) is 9.59 Å². The molecule has 0 unspecified atom stereocenters. The number of carbonyl (C=O) groups is 2. The summed E-state index contributed by atoms with van der Waals surface area (Å²) < 4.78 is 0. The summed E-state index contributed by atoms with van der Waals surface area (Å²) in [5, 5.41) is 3.60. The van der Waals surface area contributed by atoms with Crippen molar-refractivity contribution >= 4 is 46.4 Å². The molecule has 0 aliphatic heterocycles. The van der Waals surface area contributed by atoms with E-state index in [1.807, 2.05) is 31.2 Å².